The Morgan fingerprint density at radius 1 is 1.15 bits per heavy atom. The Morgan fingerprint density at radius 2 is 1.88 bits per heavy atom. The first-order valence-corrected chi connectivity index (χ1v) is 15.1. The van der Waals surface area contributed by atoms with Gasteiger partial charge in [-0.05, 0) is 68.9 Å². The number of halogens is 3. The van der Waals surface area contributed by atoms with E-state index in [0.717, 1.165) is 32.2 Å². The van der Waals surface area contributed by atoms with E-state index in [1.807, 2.05) is 25.7 Å². The number of benzene rings is 1. The van der Waals surface area contributed by atoms with Gasteiger partial charge in [0.25, 0.3) is 0 Å². The fourth-order valence-electron chi connectivity index (χ4n) is 7.26. The molecule has 2 aromatic rings. The Kier molecular flexibility index (Phi) is 6.42. The summed E-state index contributed by atoms with van der Waals surface area (Å²) >= 11 is 3.31. The molecule has 4 fully saturated rings. The van der Waals surface area contributed by atoms with Gasteiger partial charge in [-0.1, -0.05) is 0 Å². The summed E-state index contributed by atoms with van der Waals surface area (Å²) in [4.78, 5) is 28.4. The molecule has 1 aromatic carbocycles. The van der Waals surface area contributed by atoms with E-state index in [1.165, 1.54) is 0 Å². The van der Waals surface area contributed by atoms with Gasteiger partial charge in [0.1, 0.15) is 34.2 Å². The molecule has 5 aliphatic rings. The van der Waals surface area contributed by atoms with Crippen molar-refractivity contribution < 1.29 is 32.5 Å². The third kappa shape index (κ3) is 4.54. The number of aromatic nitrogens is 2. The molecular weight excluding hydrogens is 604 g/mol. The van der Waals surface area contributed by atoms with Crippen molar-refractivity contribution in [3.05, 3.63) is 10.3 Å². The fraction of sp³-hybridized carbons (Fsp3) is 0.679. The van der Waals surface area contributed by atoms with Crippen LogP contribution in [0.15, 0.2) is 4.47 Å². The van der Waals surface area contributed by atoms with Crippen molar-refractivity contribution in [1.29, 1.82) is 0 Å². The van der Waals surface area contributed by atoms with Crippen molar-refractivity contribution in [3.8, 4) is 17.5 Å². The van der Waals surface area contributed by atoms with Gasteiger partial charge >= 0.3 is 12.1 Å². The van der Waals surface area contributed by atoms with E-state index in [2.05, 4.69) is 30.7 Å². The maximum Gasteiger partial charge on any atom is 0.410 e. The largest absolute Gasteiger partial charge is 0.461 e. The second-order valence-corrected chi connectivity index (χ2v) is 13.6. The number of alkyl halides is 1. The fourth-order valence-corrected chi connectivity index (χ4v) is 7.74. The monoisotopic (exact) mass is 637 g/mol. The molecule has 0 N–H and O–H groups in total. The summed E-state index contributed by atoms with van der Waals surface area (Å²) in [7, 11) is 0. The number of amides is 1. The van der Waals surface area contributed by atoms with Gasteiger partial charge in [0.05, 0.1) is 23.0 Å². The van der Waals surface area contributed by atoms with Gasteiger partial charge in [-0.3, -0.25) is 9.80 Å². The van der Waals surface area contributed by atoms with E-state index in [1.54, 1.807) is 0 Å². The average Bonchev–Trinajstić information content (AvgIpc) is 3.66. The minimum Gasteiger partial charge on any atom is -0.461 e. The van der Waals surface area contributed by atoms with E-state index >= 15 is 4.39 Å². The lowest BCUT2D eigenvalue weighted by Gasteiger charge is -2.42. The van der Waals surface area contributed by atoms with Crippen molar-refractivity contribution in [2.24, 2.45) is 0 Å². The number of nitrogens with zero attached hydrogens (tertiary/aromatic N) is 5. The quantitative estimate of drug-likeness (QED) is 0.469. The molecule has 6 heterocycles. The maximum absolute atomic E-state index is 15.8. The highest BCUT2D eigenvalue weighted by molar-refractivity contribution is 9.10. The van der Waals surface area contributed by atoms with E-state index in [9.17, 15) is 9.18 Å². The zero-order valence-corrected chi connectivity index (χ0v) is 25.0. The highest BCUT2D eigenvalue weighted by Gasteiger charge is 2.50. The lowest BCUT2D eigenvalue weighted by molar-refractivity contribution is 0.0122. The Morgan fingerprint density at radius 3 is 2.61 bits per heavy atom. The molecule has 10 nitrogen and oxygen atoms in total. The van der Waals surface area contributed by atoms with E-state index in [0.29, 0.717) is 43.0 Å². The Labute approximate surface area is 245 Å². The first-order chi connectivity index (χ1) is 19.5. The van der Waals surface area contributed by atoms with Gasteiger partial charge in [0.2, 0.25) is 6.79 Å². The van der Waals surface area contributed by atoms with E-state index in [4.69, 9.17) is 23.9 Å². The standard InChI is InChI=1S/C28H34BrF2N5O5/c1-27(2,3)41-26(37)36-16-5-6-17(36)12-34(11-16)24-18-21(20(31)19(29)23-22(18)39-14-40-23)32-25(33-24)38-13-28-7-4-8-35(28)10-15(30)9-28/h15-17H,4-14H2,1-3H3/t15-,16?,17?,28+/m1/s1. The molecule has 1 amide bonds. The summed E-state index contributed by atoms with van der Waals surface area (Å²) in [6.07, 6.45) is 2.66. The van der Waals surface area contributed by atoms with Crippen molar-refractivity contribution in [1.82, 2.24) is 19.8 Å². The number of anilines is 1. The summed E-state index contributed by atoms with van der Waals surface area (Å²) < 4.78 is 53.6. The summed E-state index contributed by atoms with van der Waals surface area (Å²) in [6, 6.07) is -0.147. The number of fused-ring (bicyclic) bond motifs is 6. The van der Waals surface area contributed by atoms with Crippen LogP contribution in [0.2, 0.25) is 0 Å². The number of rotatable bonds is 4. The van der Waals surface area contributed by atoms with Crippen LogP contribution >= 0.6 is 15.9 Å². The number of ether oxygens (including phenoxy) is 4. The molecule has 4 saturated heterocycles. The molecule has 2 bridgehead atoms. The second-order valence-electron chi connectivity index (χ2n) is 12.8. The summed E-state index contributed by atoms with van der Waals surface area (Å²) in [5.41, 5.74) is -0.940. The predicted molar refractivity (Wildman–Crippen MR) is 149 cm³/mol. The molecule has 0 radical (unpaired) electrons. The molecule has 0 aliphatic carbocycles. The molecule has 0 saturated carbocycles. The van der Waals surface area contributed by atoms with Gasteiger partial charge < -0.3 is 23.8 Å². The first kappa shape index (κ1) is 27.2. The van der Waals surface area contributed by atoms with Crippen LogP contribution in [-0.4, -0.2) is 94.8 Å². The third-order valence-corrected chi connectivity index (χ3v) is 9.63. The van der Waals surface area contributed by atoms with Crippen LogP contribution in [-0.2, 0) is 4.74 Å². The molecule has 7 rings (SSSR count). The molecule has 13 heteroatoms. The first-order valence-electron chi connectivity index (χ1n) is 14.3. The Hall–Kier alpha value is -2.67. The molecular formula is C28H34BrF2N5O5. The Bertz CT molecular complexity index is 1390. The smallest absolute Gasteiger partial charge is 0.410 e. The number of hydrogen-bond acceptors (Lipinski definition) is 9. The van der Waals surface area contributed by atoms with Crippen molar-refractivity contribution in [2.75, 3.05) is 44.5 Å². The SMILES string of the molecule is CC(C)(C)OC(=O)N1C2CCC1CN(c1nc(OC[C@@]34CCCN3C[C@H](F)C4)nc3c(F)c(Br)c4c(c13)OCO4)C2. The zero-order chi connectivity index (χ0) is 28.7. The van der Waals surface area contributed by atoms with E-state index < -0.39 is 23.1 Å². The summed E-state index contributed by atoms with van der Waals surface area (Å²) in [6.45, 7) is 7.95. The molecule has 41 heavy (non-hydrogen) atoms. The number of hydrogen-bond donors (Lipinski definition) is 0. The van der Waals surface area contributed by atoms with Gasteiger partial charge in [0.15, 0.2) is 17.3 Å². The van der Waals surface area contributed by atoms with Crippen LogP contribution in [0.25, 0.3) is 10.9 Å². The highest BCUT2D eigenvalue weighted by Crippen LogP contribution is 2.50. The van der Waals surface area contributed by atoms with Crippen LogP contribution in [0, 0.1) is 5.82 Å². The summed E-state index contributed by atoms with van der Waals surface area (Å²) in [5.74, 6) is 0.505. The van der Waals surface area contributed by atoms with Crippen LogP contribution in [0.3, 0.4) is 0 Å². The lowest BCUT2D eigenvalue weighted by atomic mass is 9.95. The second kappa shape index (κ2) is 9.68. The minimum atomic E-state index is -0.892. The van der Waals surface area contributed by atoms with Crippen molar-refractivity contribution >= 4 is 38.7 Å². The van der Waals surface area contributed by atoms with Crippen LogP contribution in [0.4, 0.5) is 19.4 Å². The average molecular weight is 639 g/mol. The molecule has 4 atom stereocenters. The van der Waals surface area contributed by atoms with Gasteiger partial charge in [-0.25, -0.2) is 13.6 Å². The van der Waals surface area contributed by atoms with Crippen LogP contribution in [0.5, 0.6) is 17.5 Å². The zero-order valence-electron chi connectivity index (χ0n) is 23.4. The van der Waals surface area contributed by atoms with Gasteiger partial charge in [-0.15, -0.1) is 0 Å². The van der Waals surface area contributed by atoms with Gasteiger partial charge in [0, 0.05) is 26.1 Å². The Balaban J connectivity index is 1.25. The van der Waals surface area contributed by atoms with E-state index in [-0.39, 0.29) is 53.3 Å². The topological polar surface area (TPSA) is 89.5 Å². The van der Waals surface area contributed by atoms with Crippen LogP contribution < -0.4 is 19.1 Å². The lowest BCUT2D eigenvalue weighted by Crippen LogP contribution is -2.57. The number of carbonyl (C=O) groups is 1. The predicted octanol–water partition coefficient (Wildman–Crippen LogP) is 4.80. The van der Waals surface area contributed by atoms with Crippen LogP contribution in [0.1, 0.15) is 52.9 Å². The highest BCUT2D eigenvalue weighted by atomic mass is 79.9. The number of piperazine rings is 1. The van der Waals surface area contributed by atoms with Gasteiger partial charge in [-0.2, -0.15) is 9.97 Å². The molecule has 2 unspecified atom stereocenters. The van der Waals surface area contributed by atoms with Crippen molar-refractivity contribution in [3.63, 3.8) is 0 Å². The molecule has 5 aliphatic heterocycles. The number of carbonyl (C=O) groups excluding carboxylic acids is 1. The molecule has 222 valence electrons. The summed E-state index contributed by atoms with van der Waals surface area (Å²) in [5, 5.41) is 0.404. The third-order valence-electron chi connectivity index (χ3n) is 8.93. The minimum absolute atomic E-state index is 0.0302. The molecule has 0 spiro atoms. The normalized spacial score (nSPS) is 29.0. The van der Waals surface area contributed by atoms with Crippen molar-refractivity contribution in [2.45, 2.75) is 82.3 Å². The maximum atomic E-state index is 15.8. The molecule has 1 aromatic heterocycles.